The van der Waals surface area contributed by atoms with Crippen LogP contribution < -0.4 is 16.0 Å². The average Bonchev–Trinajstić information content (AvgIpc) is 3.14. The van der Waals surface area contributed by atoms with Crippen LogP contribution in [0, 0.1) is 12.7 Å². The lowest BCUT2D eigenvalue weighted by atomic mass is 9.87. The first kappa shape index (κ1) is 21.8. The molecule has 2 unspecified atom stereocenters. The number of hydrogen-bond donors (Lipinski definition) is 2. The number of amides is 1. The molecule has 3 atom stereocenters. The summed E-state index contributed by atoms with van der Waals surface area (Å²) in [7, 11) is 0. The topological polar surface area (TPSA) is 80.5 Å². The van der Waals surface area contributed by atoms with Gasteiger partial charge < -0.3 is 20.7 Å². The van der Waals surface area contributed by atoms with Gasteiger partial charge in [0, 0.05) is 30.2 Å². The number of rotatable bonds is 3. The first-order valence-corrected chi connectivity index (χ1v) is 12.9. The number of hydrogen-bond acceptors (Lipinski definition) is 6. The van der Waals surface area contributed by atoms with Gasteiger partial charge >= 0.3 is 0 Å². The average molecular weight is 481 g/mol. The first-order chi connectivity index (χ1) is 16.4. The van der Waals surface area contributed by atoms with Gasteiger partial charge in [-0.1, -0.05) is 0 Å². The number of aryl methyl sites for hydroxylation is 2. The molecule has 1 aromatic carbocycles. The number of ether oxygens (including phenoxy) is 1. The Balaban J connectivity index is 1.18. The maximum atomic E-state index is 15.2. The van der Waals surface area contributed by atoms with E-state index in [1.54, 1.807) is 6.07 Å². The molecule has 6 rings (SSSR count). The lowest BCUT2D eigenvalue weighted by Crippen LogP contribution is -2.50. The van der Waals surface area contributed by atoms with Gasteiger partial charge in [0.15, 0.2) is 0 Å². The van der Waals surface area contributed by atoms with E-state index in [1.807, 2.05) is 25.1 Å². The smallest absolute Gasteiger partial charge is 0.263 e. The highest BCUT2D eigenvalue weighted by atomic mass is 32.1. The summed E-state index contributed by atoms with van der Waals surface area (Å²) in [5.74, 6) is -0.357. The van der Waals surface area contributed by atoms with Gasteiger partial charge in [-0.15, -0.1) is 11.3 Å². The Kier molecular flexibility index (Phi) is 5.45. The van der Waals surface area contributed by atoms with Crippen molar-refractivity contribution in [2.24, 2.45) is 0 Å². The number of anilines is 2. The molecular weight excluding hydrogens is 451 g/mol. The van der Waals surface area contributed by atoms with Crippen molar-refractivity contribution >= 4 is 38.8 Å². The minimum absolute atomic E-state index is 0.0488. The Labute approximate surface area is 202 Å². The molecule has 0 saturated carbocycles. The van der Waals surface area contributed by atoms with E-state index in [9.17, 15) is 4.79 Å². The molecule has 8 heteroatoms. The second-order valence-electron chi connectivity index (χ2n) is 9.85. The number of pyridine rings is 1. The van der Waals surface area contributed by atoms with Gasteiger partial charge in [-0.05, 0) is 80.8 Å². The molecule has 178 valence electrons. The fraction of sp³-hybridized carbons (Fsp3) is 0.462. The second kappa shape index (κ2) is 8.50. The van der Waals surface area contributed by atoms with E-state index in [0.29, 0.717) is 22.7 Å². The minimum Gasteiger partial charge on any atom is -0.397 e. The lowest BCUT2D eigenvalue weighted by Gasteiger charge is -2.43. The fourth-order valence-corrected chi connectivity index (χ4v) is 6.70. The quantitative estimate of drug-likeness (QED) is 0.582. The molecule has 2 fully saturated rings. The highest BCUT2D eigenvalue weighted by Crippen LogP contribution is 2.35. The number of nitrogens with one attached hydrogen (secondary N) is 1. The van der Waals surface area contributed by atoms with Crippen molar-refractivity contribution in [3.8, 4) is 0 Å². The van der Waals surface area contributed by atoms with Crippen LogP contribution in [-0.2, 0) is 17.6 Å². The third-order valence-corrected chi connectivity index (χ3v) is 8.51. The van der Waals surface area contributed by atoms with Crippen LogP contribution in [0.2, 0.25) is 0 Å². The number of fused-ring (bicyclic) bond motifs is 4. The van der Waals surface area contributed by atoms with Crippen molar-refractivity contribution in [1.29, 1.82) is 0 Å². The summed E-state index contributed by atoms with van der Waals surface area (Å²) in [6.45, 7) is 3.44. The summed E-state index contributed by atoms with van der Waals surface area (Å²) < 4.78 is 21.2. The first-order valence-electron chi connectivity index (χ1n) is 12.1. The Bertz CT molecular complexity index is 1260. The Morgan fingerprint density at radius 3 is 2.79 bits per heavy atom. The Hall–Kier alpha value is -2.71. The van der Waals surface area contributed by atoms with Crippen LogP contribution in [0.25, 0.3) is 10.2 Å². The van der Waals surface area contributed by atoms with E-state index >= 15 is 4.39 Å². The largest absolute Gasteiger partial charge is 0.397 e. The van der Waals surface area contributed by atoms with Crippen molar-refractivity contribution in [1.82, 2.24) is 10.3 Å². The SMILES string of the molecule is Cc1ccc2c(N)c(C(=O)N[C@H]3CCc4cc(N5CC6CCCC(C5)O6)c(F)cc4C3)sc2n1. The molecule has 4 heterocycles. The number of benzene rings is 1. The van der Waals surface area contributed by atoms with Crippen molar-refractivity contribution < 1.29 is 13.9 Å². The van der Waals surface area contributed by atoms with Crippen LogP contribution in [0.1, 0.15) is 52.2 Å². The molecule has 3 aromatic rings. The normalized spacial score (nSPS) is 24.2. The van der Waals surface area contributed by atoms with Crippen LogP contribution in [0.3, 0.4) is 0 Å². The highest BCUT2D eigenvalue weighted by Gasteiger charge is 2.33. The summed E-state index contributed by atoms with van der Waals surface area (Å²) in [6, 6.07) is 7.47. The fourth-order valence-electron chi connectivity index (χ4n) is 5.65. The zero-order valence-corrected chi connectivity index (χ0v) is 20.1. The van der Waals surface area contributed by atoms with Crippen LogP contribution in [0.5, 0.6) is 0 Å². The van der Waals surface area contributed by atoms with Crippen LogP contribution in [0.15, 0.2) is 24.3 Å². The van der Waals surface area contributed by atoms with Gasteiger partial charge in [0.2, 0.25) is 0 Å². The molecule has 2 aliphatic heterocycles. The number of carbonyl (C=O) groups is 1. The van der Waals surface area contributed by atoms with E-state index in [-0.39, 0.29) is 30.0 Å². The maximum Gasteiger partial charge on any atom is 0.263 e. The monoisotopic (exact) mass is 480 g/mol. The van der Waals surface area contributed by atoms with E-state index in [0.717, 1.165) is 60.2 Å². The van der Waals surface area contributed by atoms with Crippen molar-refractivity contribution in [2.75, 3.05) is 23.7 Å². The summed E-state index contributed by atoms with van der Waals surface area (Å²) >= 11 is 1.32. The number of nitrogens with two attached hydrogens (primary N) is 1. The van der Waals surface area contributed by atoms with E-state index in [1.165, 1.54) is 23.3 Å². The van der Waals surface area contributed by atoms with Crippen LogP contribution >= 0.6 is 11.3 Å². The van der Waals surface area contributed by atoms with Crippen LogP contribution in [0.4, 0.5) is 15.8 Å². The van der Waals surface area contributed by atoms with E-state index < -0.39 is 0 Å². The molecule has 1 amide bonds. The standard InChI is InChI=1S/C26H29FN4O2S/c1-14-5-8-20-23(28)24(34-26(20)29-14)25(32)30-17-7-6-15-11-22(21(27)10-16(15)9-17)31-12-18-3-2-4-19(13-31)33-18/h5,8,10-11,17-19H,2-4,6-7,9,12-13,28H2,1H3,(H,30,32)/t17-,18?,19?/m0/s1. The second-order valence-corrected chi connectivity index (χ2v) is 10.9. The molecule has 34 heavy (non-hydrogen) atoms. The number of nitrogens with zero attached hydrogens (tertiary/aromatic N) is 2. The molecule has 0 spiro atoms. The third kappa shape index (κ3) is 3.92. The number of aromatic nitrogens is 1. The van der Waals surface area contributed by atoms with Gasteiger partial charge in [-0.3, -0.25) is 4.79 Å². The van der Waals surface area contributed by atoms with Crippen molar-refractivity contribution in [3.05, 3.63) is 51.8 Å². The van der Waals surface area contributed by atoms with E-state index in [4.69, 9.17) is 10.5 Å². The molecule has 2 bridgehead atoms. The molecule has 0 radical (unpaired) electrons. The summed E-state index contributed by atoms with van der Waals surface area (Å²) in [6.07, 6.45) is 5.99. The number of carbonyl (C=O) groups excluding carboxylic acids is 1. The van der Waals surface area contributed by atoms with Gasteiger partial charge in [0.25, 0.3) is 5.91 Å². The van der Waals surface area contributed by atoms with E-state index in [2.05, 4.69) is 15.2 Å². The van der Waals surface area contributed by atoms with Gasteiger partial charge in [0.1, 0.15) is 15.5 Å². The van der Waals surface area contributed by atoms with Gasteiger partial charge in [-0.2, -0.15) is 0 Å². The molecule has 6 nitrogen and oxygen atoms in total. The van der Waals surface area contributed by atoms with Crippen LogP contribution in [-0.4, -0.2) is 42.2 Å². The summed E-state index contributed by atoms with van der Waals surface area (Å²) in [4.78, 5) is 21.0. The maximum absolute atomic E-state index is 15.2. The minimum atomic E-state index is -0.180. The number of morpholine rings is 1. The highest BCUT2D eigenvalue weighted by molar-refractivity contribution is 7.21. The lowest BCUT2D eigenvalue weighted by molar-refractivity contribution is -0.0606. The number of nitrogen functional groups attached to an aromatic ring is 1. The Morgan fingerprint density at radius 2 is 2.00 bits per heavy atom. The molecule has 3 N–H and O–H groups in total. The van der Waals surface area contributed by atoms with Gasteiger partial charge in [-0.25, -0.2) is 9.37 Å². The zero-order chi connectivity index (χ0) is 23.4. The van der Waals surface area contributed by atoms with Gasteiger partial charge in [0.05, 0.1) is 23.6 Å². The predicted molar refractivity (Wildman–Crippen MR) is 133 cm³/mol. The van der Waals surface area contributed by atoms with Crippen molar-refractivity contribution in [3.63, 3.8) is 0 Å². The zero-order valence-electron chi connectivity index (χ0n) is 19.3. The number of halogens is 1. The Morgan fingerprint density at radius 1 is 1.21 bits per heavy atom. The molecular formula is C26H29FN4O2S. The molecule has 2 aromatic heterocycles. The molecule has 1 aliphatic carbocycles. The summed E-state index contributed by atoms with van der Waals surface area (Å²) in [5.41, 5.74) is 10.5. The summed E-state index contributed by atoms with van der Waals surface area (Å²) in [5, 5.41) is 3.95. The molecule has 2 saturated heterocycles. The third-order valence-electron chi connectivity index (χ3n) is 7.40. The number of thiophene rings is 1. The predicted octanol–water partition coefficient (Wildman–Crippen LogP) is 4.37. The molecule has 3 aliphatic rings. The van der Waals surface area contributed by atoms with Crippen molar-refractivity contribution in [2.45, 2.75) is 63.7 Å².